The molecule has 3 N–H and O–H groups in total. The van der Waals surface area contributed by atoms with Crippen molar-refractivity contribution in [3.8, 4) is 0 Å². The lowest BCUT2D eigenvalue weighted by atomic mass is 10.1. The molecule has 2 rings (SSSR count). The van der Waals surface area contributed by atoms with Crippen molar-refractivity contribution in [3.63, 3.8) is 0 Å². The summed E-state index contributed by atoms with van der Waals surface area (Å²) in [6.45, 7) is 3.97. The van der Waals surface area contributed by atoms with Crippen LogP contribution in [0.1, 0.15) is 42.1 Å². The highest BCUT2D eigenvalue weighted by atomic mass is 16.1. The predicted octanol–water partition coefficient (Wildman–Crippen LogP) is 2.50. The molecule has 1 saturated carbocycles. The highest BCUT2D eigenvalue weighted by molar-refractivity contribution is 5.99. The lowest BCUT2D eigenvalue weighted by Gasteiger charge is -2.15. The lowest BCUT2D eigenvalue weighted by Crippen LogP contribution is -2.33. The van der Waals surface area contributed by atoms with Gasteiger partial charge in [0.25, 0.3) is 5.91 Å². The summed E-state index contributed by atoms with van der Waals surface area (Å²) >= 11 is 0. The van der Waals surface area contributed by atoms with Crippen molar-refractivity contribution in [2.45, 2.75) is 39.2 Å². The van der Waals surface area contributed by atoms with Crippen LogP contribution in [0.5, 0.6) is 0 Å². The van der Waals surface area contributed by atoms with Gasteiger partial charge in [-0.1, -0.05) is 25.0 Å². The number of nitrogens with two attached hydrogens (primary N) is 1. The van der Waals surface area contributed by atoms with Gasteiger partial charge in [0.15, 0.2) is 0 Å². The molecule has 1 aromatic rings. The maximum Gasteiger partial charge on any atom is 0.253 e. The van der Waals surface area contributed by atoms with Gasteiger partial charge in [-0.15, -0.1) is 0 Å². The Morgan fingerprint density at radius 3 is 2.88 bits per heavy atom. The average Bonchev–Trinajstić information content (AvgIpc) is 3.05. The fourth-order valence-electron chi connectivity index (χ4n) is 2.09. The summed E-state index contributed by atoms with van der Waals surface area (Å²) in [4.78, 5) is 12.0. The summed E-state index contributed by atoms with van der Waals surface area (Å²) in [7, 11) is 0. The highest BCUT2D eigenvalue weighted by Crippen LogP contribution is 2.33. The number of aryl methyl sites for hydroxylation is 1. The fraction of sp³-hybridized carbons (Fsp3) is 0.500. The third-order valence-electron chi connectivity index (χ3n) is 3.33. The standard InChI is InChI=1S/C14H20N2O/c1-9-4-3-5-12(13(9)15)14(17)16-10(2)8-11-6-7-11/h3-5,10-11H,6-8,15H2,1-2H3,(H,16,17). The molecule has 0 saturated heterocycles. The van der Waals surface area contributed by atoms with E-state index in [1.54, 1.807) is 6.07 Å². The Morgan fingerprint density at radius 2 is 2.24 bits per heavy atom. The van der Waals surface area contributed by atoms with Gasteiger partial charge in [0.2, 0.25) is 0 Å². The van der Waals surface area contributed by atoms with Gasteiger partial charge in [-0.25, -0.2) is 0 Å². The van der Waals surface area contributed by atoms with E-state index in [1.165, 1.54) is 12.8 Å². The van der Waals surface area contributed by atoms with Crippen molar-refractivity contribution < 1.29 is 4.79 Å². The quantitative estimate of drug-likeness (QED) is 0.784. The predicted molar refractivity (Wildman–Crippen MR) is 69.9 cm³/mol. The maximum absolute atomic E-state index is 12.0. The summed E-state index contributed by atoms with van der Waals surface area (Å²) in [5.74, 6) is 0.763. The summed E-state index contributed by atoms with van der Waals surface area (Å²) < 4.78 is 0. The summed E-state index contributed by atoms with van der Waals surface area (Å²) in [6.07, 6.45) is 3.71. The van der Waals surface area contributed by atoms with Crippen LogP contribution in [0, 0.1) is 12.8 Å². The fourth-order valence-corrected chi connectivity index (χ4v) is 2.09. The van der Waals surface area contributed by atoms with Gasteiger partial charge in [-0.05, 0) is 37.8 Å². The molecule has 0 radical (unpaired) electrons. The summed E-state index contributed by atoms with van der Waals surface area (Å²) in [6, 6.07) is 5.79. The first kappa shape index (κ1) is 12.0. The Kier molecular flexibility index (Phi) is 3.36. The van der Waals surface area contributed by atoms with Crippen LogP contribution in [0.4, 0.5) is 5.69 Å². The first-order valence-electron chi connectivity index (χ1n) is 6.24. The van der Waals surface area contributed by atoms with Gasteiger partial charge in [0, 0.05) is 11.7 Å². The second kappa shape index (κ2) is 4.78. The Balaban J connectivity index is 2.00. The molecule has 17 heavy (non-hydrogen) atoms. The van der Waals surface area contributed by atoms with Crippen molar-refractivity contribution >= 4 is 11.6 Å². The van der Waals surface area contributed by atoms with Crippen LogP contribution in [0.15, 0.2) is 18.2 Å². The molecular weight excluding hydrogens is 212 g/mol. The maximum atomic E-state index is 12.0. The normalized spacial score (nSPS) is 16.6. The van der Waals surface area contributed by atoms with Crippen molar-refractivity contribution in [1.29, 1.82) is 0 Å². The van der Waals surface area contributed by atoms with Crippen LogP contribution in [0.3, 0.4) is 0 Å². The Hall–Kier alpha value is -1.51. The van der Waals surface area contributed by atoms with Crippen LogP contribution in [-0.4, -0.2) is 11.9 Å². The van der Waals surface area contributed by atoms with Gasteiger partial charge >= 0.3 is 0 Å². The number of rotatable bonds is 4. The number of carbonyl (C=O) groups excluding carboxylic acids is 1. The molecule has 3 nitrogen and oxygen atoms in total. The Morgan fingerprint density at radius 1 is 1.53 bits per heavy atom. The third kappa shape index (κ3) is 2.99. The Labute approximate surface area is 102 Å². The molecule has 1 atom stereocenters. The van der Waals surface area contributed by atoms with E-state index in [0.29, 0.717) is 11.3 Å². The zero-order valence-corrected chi connectivity index (χ0v) is 10.5. The average molecular weight is 232 g/mol. The molecule has 1 aliphatic rings. The first-order chi connectivity index (χ1) is 8.08. The number of benzene rings is 1. The summed E-state index contributed by atoms with van der Waals surface area (Å²) in [5.41, 5.74) is 8.04. The molecule has 0 aliphatic heterocycles. The molecule has 0 spiro atoms. The van der Waals surface area contributed by atoms with Gasteiger partial charge in [0.05, 0.1) is 5.56 Å². The minimum Gasteiger partial charge on any atom is -0.398 e. The highest BCUT2D eigenvalue weighted by Gasteiger charge is 2.24. The van der Waals surface area contributed by atoms with E-state index in [0.717, 1.165) is 17.9 Å². The molecule has 1 unspecified atom stereocenters. The number of carbonyl (C=O) groups is 1. The van der Waals surface area contributed by atoms with Crippen LogP contribution < -0.4 is 11.1 Å². The van der Waals surface area contributed by atoms with E-state index in [1.807, 2.05) is 19.1 Å². The van der Waals surface area contributed by atoms with Crippen molar-refractivity contribution in [3.05, 3.63) is 29.3 Å². The zero-order valence-electron chi connectivity index (χ0n) is 10.5. The van der Waals surface area contributed by atoms with Gasteiger partial charge in [-0.2, -0.15) is 0 Å². The van der Waals surface area contributed by atoms with E-state index < -0.39 is 0 Å². The lowest BCUT2D eigenvalue weighted by molar-refractivity contribution is 0.0938. The first-order valence-corrected chi connectivity index (χ1v) is 6.24. The molecular formula is C14H20N2O. The van der Waals surface area contributed by atoms with Crippen LogP contribution in [0.25, 0.3) is 0 Å². The molecule has 1 aliphatic carbocycles. The monoisotopic (exact) mass is 232 g/mol. The molecule has 92 valence electrons. The third-order valence-corrected chi connectivity index (χ3v) is 3.33. The van der Waals surface area contributed by atoms with Crippen molar-refractivity contribution in [2.75, 3.05) is 5.73 Å². The van der Waals surface area contributed by atoms with Gasteiger partial charge in [0.1, 0.15) is 0 Å². The van der Waals surface area contributed by atoms with Crippen molar-refractivity contribution in [1.82, 2.24) is 5.32 Å². The molecule has 1 amide bonds. The van der Waals surface area contributed by atoms with Crippen LogP contribution in [0.2, 0.25) is 0 Å². The number of hydrogen-bond acceptors (Lipinski definition) is 2. The molecule has 1 aromatic carbocycles. The SMILES string of the molecule is Cc1cccc(C(=O)NC(C)CC2CC2)c1N. The second-order valence-electron chi connectivity index (χ2n) is 5.09. The molecule has 0 heterocycles. The van der Waals surface area contributed by atoms with E-state index >= 15 is 0 Å². The number of nitrogen functional groups attached to an aromatic ring is 1. The van der Waals surface area contributed by atoms with Gasteiger partial charge in [-0.3, -0.25) is 4.79 Å². The number of para-hydroxylation sites is 1. The largest absolute Gasteiger partial charge is 0.398 e. The van der Waals surface area contributed by atoms with E-state index in [2.05, 4.69) is 12.2 Å². The molecule has 1 fully saturated rings. The topological polar surface area (TPSA) is 55.1 Å². The second-order valence-corrected chi connectivity index (χ2v) is 5.09. The van der Waals surface area contributed by atoms with E-state index in [-0.39, 0.29) is 11.9 Å². The van der Waals surface area contributed by atoms with E-state index in [9.17, 15) is 4.79 Å². The van der Waals surface area contributed by atoms with Crippen LogP contribution >= 0.6 is 0 Å². The molecule has 3 heteroatoms. The minimum atomic E-state index is -0.0562. The number of nitrogens with one attached hydrogen (secondary N) is 1. The summed E-state index contributed by atoms with van der Waals surface area (Å²) in [5, 5.41) is 3.02. The number of anilines is 1. The number of amides is 1. The van der Waals surface area contributed by atoms with Crippen molar-refractivity contribution in [2.24, 2.45) is 5.92 Å². The minimum absolute atomic E-state index is 0.0562. The molecule has 0 bridgehead atoms. The van der Waals surface area contributed by atoms with E-state index in [4.69, 9.17) is 5.73 Å². The smallest absolute Gasteiger partial charge is 0.253 e. The number of hydrogen-bond donors (Lipinski definition) is 2. The van der Waals surface area contributed by atoms with Gasteiger partial charge < -0.3 is 11.1 Å². The zero-order chi connectivity index (χ0) is 12.4. The van der Waals surface area contributed by atoms with Crippen LogP contribution in [-0.2, 0) is 0 Å². The molecule has 0 aromatic heterocycles. The Bertz CT molecular complexity index is 424.